The number of benzene rings is 2. The molecular weight excluding hydrogens is 365 g/mol. The molecule has 6 nitrogen and oxygen atoms in total. The van der Waals surface area contributed by atoms with Crippen LogP contribution in [0.2, 0.25) is 0 Å². The summed E-state index contributed by atoms with van der Waals surface area (Å²) in [6.45, 7) is 0.701. The molecule has 0 spiro atoms. The number of imidazole rings is 1. The van der Waals surface area contributed by atoms with Crippen molar-refractivity contribution < 1.29 is 4.39 Å². The molecule has 0 aliphatic carbocycles. The summed E-state index contributed by atoms with van der Waals surface area (Å²) in [7, 11) is 0. The Labute approximate surface area is 156 Å². The lowest BCUT2D eigenvalue weighted by atomic mass is 10.0. The monoisotopic (exact) mass is 379 g/mol. The maximum absolute atomic E-state index is 13.9. The van der Waals surface area contributed by atoms with Crippen molar-refractivity contribution in [2.45, 2.75) is 6.42 Å². The number of H-pyrrole nitrogens is 2. The number of halogens is 1. The van der Waals surface area contributed by atoms with Crippen molar-refractivity contribution in [1.29, 1.82) is 0 Å². The van der Waals surface area contributed by atoms with Crippen molar-refractivity contribution >= 4 is 48.2 Å². The molecule has 5 rings (SSSR count). The van der Waals surface area contributed by atoms with Gasteiger partial charge in [0.15, 0.2) is 5.13 Å². The van der Waals surface area contributed by atoms with E-state index in [0.29, 0.717) is 17.3 Å². The molecule has 3 aromatic heterocycles. The number of nitrogens with one attached hydrogen (secondary N) is 3. The fourth-order valence-corrected chi connectivity index (χ4v) is 4.39. The average molecular weight is 379 g/mol. The lowest BCUT2D eigenvalue weighted by Gasteiger charge is -2.05. The van der Waals surface area contributed by atoms with Crippen LogP contribution in [0.25, 0.3) is 31.8 Å². The molecule has 0 aliphatic heterocycles. The minimum atomic E-state index is -0.375. The highest BCUT2D eigenvalue weighted by atomic mass is 32.1. The number of hydrogen-bond donors (Lipinski definition) is 3. The van der Waals surface area contributed by atoms with Gasteiger partial charge < -0.3 is 15.3 Å². The second kappa shape index (κ2) is 6.17. The van der Waals surface area contributed by atoms with Gasteiger partial charge in [0.05, 0.1) is 21.9 Å². The standard InChI is InChI=1S/C19H14FN5OS/c20-10-1-2-12-14(7-10)15-13(4-6-22-18(15)26)17-16(12)25-19(27-17)23-5-3-11-8-21-9-24-11/h1-2,4,6-9H,3,5H2,(H,21,24)(H,22,26)(H,23,25). The van der Waals surface area contributed by atoms with Gasteiger partial charge in [0.1, 0.15) is 5.82 Å². The smallest absolute Gasteiger partial charge is 0.256 e. The van der Waals surface area contributed by atoms with E-state index >= 15 is 0 Å². The number of aromatic amines is 2. The molecule has 134 valence electrons. The fourth-order valence-electron chi connectivity index (χ4n) is 3.35. The van der Waals surface area contributed by atoms with Crippen LogP contribution in [0.4, 0.5) is 9.52 Å². The van der Waals surface area contributed by atoms with Crippen LogP contribution in [0.3, 0.4) is 0 Å². The van der Waals surface area contributed by atoms with Gasteiger partial charge in [-0.2, -0.15) is 0 Å². The highest BCUT2D eigenvalue weighted by Gasteiger charge is 2.16. The molecule has 0 saturated heterocycles. The number of anilines is 1. The van der Waals surface area contributed by atoms with Gasteiger partial charge in [-0.15, -0.1) is 0 Å². The predicted molar refractivity (Wildman–Crippen MR) is 106 cm³/mol. The van der Waals surface area contributed by atoms with Crippen LogP contribution in [0, 0.1) is 5.82 Å². The van der Waals surface area contributed by atoms with Gasteiger partial charge in [0, 0.05) is 47.2 Å². The van der Waals surface area contributed by atoms with Gasteiger partial charge in [-0.1, -0.05) is 11.3 Å². The molecule has 27 heavy (non-hydrogen) atoms. The zero-order chi connectivity index (χ0) is 18.4. The van der Waals surface area contributed by atoms with Crippen molar-refractivity contribution in [3.05, 3.63) is 64.9 Å². The summed E-state index contributed by atoms with van der Waals surface area (Å²) in [5, 5.41) is 6.72. The largest absolute Gasteiger partial charge is 0.361 e. The Morgan fingerprint density at radius 2 is 2.07 bits per heavy atom. The summed E-state index contributed by atoms with van der Waals surface area (Å²) in [4.78, 5) is 26.9. The normalized spacial score (nSPS) is 11.6. The van der Waals surface area contributed by atoms with Gasteiger partial charge in [-0.3, -0.25) is 4.79 Å². The number of aromatic nitrogens is 4. The Kier molecular flexibility index (Phi) is 3.64. The zero-order valence-electron chi connectivity index (χ0n) is 14.0. The van der Waals surface area contributed by atoms with Crippen LogP contribution in [0.5, 0.6) is 0 Å². The van der Waals surface area contributed by atoms with E-state index in [-0.39, 0.29) is 11.4 Å². The van der Waals surface area contributed by atoms with Crippen LogP contribution < -0.4 is 10.9 Å². The average Bonchev–Trinajstić information content (AvgIpc) is 3.31. The summed E-state index contributed by atoms with van der Waals surface area (Å²) < 4.78 is 14.8. The summed E-state index contributed by atoms with van der Waals surface area (Å²) in [6.07, 6.45) is 5.85. The third-order valence-electron chi connectivity index (χ3n) is 4.56. The Morgan fingerprint density at radius 1 is 1.15 bits per heavy atom. The molecule has 0 amide bonds. The molecule has 0 atom stereocenters. The lowest BCUT2D eigenvalue weighted by molar-refractivity contribution is 0.630. The fraction of sp³-hybridized carbons (Fsp3) is 0.105. The van der Waals surface area contributed by atoms with E-state index in [9.17, 15) is 9.18 Å². The van der Waals surface area contributed by atoms with Crippen LogP contribution >= 0.6 is 11.3 Å². The molecule has 2 aromatic carbocycles. The number of pyridine rings is 1. The highest BCUT2D eigenvalue weighted by Crippen LogP contribution is 2.38. The molecule has 3 N–H and O–H groups in total. The molecule has 0 bridgehead atoms. The second-order valence-electron chi connectivity index (χ2n) is 6.24. The molecule has 0 radical (unpaired) electrons. The van der Waals surface area contributed by atoms with E-state index in [1.165, 1.54) is 23.5 Å². The van der Waals surface area contributed by atoms with Crippen molar-refractivity contribution in [2.75, 3.05) is 11.9 Å². The SMILES string of the molecule is O=c1[nH]ccc2c3sc(NCCc4cnc[nH]4)nc3c3ccc(F)cc3c12. The molecule has 0 aliphatic rings. The topological polar surface area (TPSA) is 86.5 Å². The van der Waals surface area contributed by atoms with Crippen molar-refractivity contribution in [3.8, 4) is 0 Å². The number of fused-ring (bicyclic) bond motifs is 6. The first-order chi connectivity index (χ1) is 13.2. The van der Waals surface area contributed by atoms with Gasteiger partial charge >= 0.3 is 0 Å². The number of nitrogens with zero attached hydrogens (tertiary/aromatic N) is 2. The molecule has 0 unspecified atom stereocenters. The van der Waals surface area contributed by atoms with Crippen molar-refractivity contribution in [1.82, 2.24) is 19.9 Å². The van der Waals surface area contributed by atoms with Gasteiger partial charge in [-0.05, 0) is 24.3 Å². The number of rotatable bonds is 4. The minimum absolute atomic E-state index is 0.229. The van der Waals surface area contributed by atoms with E-state index in [0.717, 1.165) is 38.2 Å². The Bertz CT molecular complexity index is 1340. The first-order valence-corrected chi connectivity index (χ1v) is 9.26. The summed E-state index contributed by atoms with van der Waals surface area (Å²) in [5.74, 6) is -0.375. The van der Waals surface area contributed by atoms with Gasteiger partial charge in [0.25, 0.3) is 5.56 Å². The quantitative estimate of drug-likeness (QED) is 0.415. The van der Waals surface area contributed by atoms with E-state index < -0.39 is 0 Å². The van der Waals surface area contributed by atoms with Crippen LogP contribution in [0.15, 0.2) is 47.8 Å². The van der Waals surface area contributed by atoms with E-state index in [2.05, 4.69) is 20.3 Å². The lowest BCUT2D eigenvalue weighted by Crippen LogP contribution is -2.05. The highest BCUT2D eigenvalue weighted by molar-refractivity contribution is 7.23. The zero-order valence-corrected chi connectivity index (χ0v) is 14.9. The third kappa shape index (κ3) is 2.65. The van der Waals surface area contributed by atoms with Gasteiger partial charge in [0.2, 0.25) is 0 Å². The van der Waals surface area contributed by atoms with Crippen molar-refractivity contribution in [2.24, 2.45) is 0 Å². The Hall–Kier alpha value is -3.26. The van der Waals surface area contributed by atoms with Crippen LogP contribution in [-0.2, 0) is 6.42 Å². The first kappa shape index (κ1) is 16.0. The first-order valence-electron chi connectivity index (χ1n) is 8.45. The van der Waals surface area contributed by atoms with E-state index in [1.54, 1.807) is 24.8 Å². The molecular formula is C19H14FN5OS. The Morgan fingerprint density at radius 3 is 2.93 bits per heavy atom. The summed E-state index contributed by atoms with van der Waals surface area (Å²) in [6, 6.07) is 6.33. The molecule has 5 aromatic rings. The van der Waals surface area contributed by atoms with E-state index in [4.69, 9.17) is 4.98 Å². The molecule has 0 saturated carbocycles. The minimum Gasteiger partial charge on any atom is -0.361 e. The number of hydrogen-bond acceptors (Lipinski definition) is 5. The van der Waals surface area contributed by atoms with Gasteiger partial charge in [-0.25, -0.2) is 14.4 Å². The van der Waals surface area contributed by atoms with Crippen LogP contribution in [0.1, 0.15) is 5.69 Å². The van der Waals surface area contributed by atoms with Crippen molar-refractivity contribution in [3.63, 3.8) is 0 Å². The maximum atomic E-state index is 13.9. The third-order valence-corrected chi connectivity index (χ3v) is 5.61. The molecule has 3 heterocycles. The summed E-state index contributed by atoms with van der Waals surface area (Å²) >= 11 is 1.50. The second-order valence-corrected chi connectivity index (χ2v) is 7.23. The summed E-state index contributed by atoms with van der Waals surface area (Å²) in [5.41, 5.74) is 1.59. The predicted octanol–water partition coefficient (Wildman–Crippen LogP) is 3.81. The number of thiazole rings is 1. The van der Waals surface area contributed by atoms with Crippen LogP contribution in [-0.4, -0.2) is 26.5 Å². The molecule has 0 fully saturated rings. The Balaban J connectivity index is 1.67. The molecule has 8 heteroatoms. The van der Waals surface area contributed by atoms with E-state index in [1.807, 2.05) is 6.07 Å². The maximum Gasteiger partial charge on any atom is 0.256 e.